The summed E-state index contributed by atoms with van der Waals surface area (Å²) in [5.41, 5.74) is 3.15. The van der Waals surface area contributed by atoms with E-state index in [1.54, 1.807) is 0 Å². The number of nitrogens with zero attached hydrogens (tertiary/aromatic N) is 4. The van der Waals surface area contributed by atoms with E-state index in [-0.39, 0.29) is 0 Å². The second-order valence-electron chi connectivity index (χ2n) is 7.98. The van der Waals surface area contributed by atoms with Crippen LogP contribution in [0.25, 0.3) is 21.8 Å². The monoisotopic (exact) mass is 423 g/mol. The van der Waals surface area contributed by atoms with Crippen molar-refractivity contribution >= 4 is 39.6 Å². The second-order valence-corrected chi connectivity index (χ2v) is 7.98. The van der Waals surface area contributed by atoms with Gasteiger partial charge < -0.3 is 19.5 Å². The number of hydrogen-bond acceptors (Lipinski definition) is 6. The van der Waals surface area contributed by atoms with Crippen molar-refractivity contribution in [1.82, 2.24) is 14.9 Å². The third-order valence-corrected chi connectivity index (χ3v) is 5.91. The normalized spacial score (nSPS) is 17.9. The first-order chi connectivity index (χ1) is 15.7. The van der Waals surface area contributed by atoms with Crippen molar-refractivity contribution in [1.29, 1.82) is 0 Å². The zero-order valence-electron chi connectivity index (χ0n) is 17.4. The van der Waals surface area contributed by atoms with Crippen LogP contribution in [0.5, 0.6) is 0 Å². The number of esters is 1. The lowest BCUT2D eigenvalue weighted by Gasteiger charge is -2.33. The van der Waals surface area contributed by atoms with E-state index in [1.807, 2.05) is 66.9 Å². The van der Waals surface area contributed by atoms with E-state index >= 15 is 0 Å². The molecule has 1 N–H and O–H groups in total. The molecule has 7 nitrogen and oxygen atoms in total. The third-order valence-electron chi connectivity index (χ3n) is 5.91. The van der Waals surface area contributed by atoms with Crippen molar-refractivity contribution in [2.24, 2.45) is 4.99 Å². The minimum absolute atomic E-state index is 0.338. The van der Waals surface area contributed by atoms with Gasteiger partial charge in [-0.25, -0.2) is 14.8 Å². The lowest BCUT2D eigenvalue weighted by molar-refractivity contribution is -0.130. The average Bonchev–Trinajstić information content (AvgIpc) is 3.43. The van der Waals surface area contributed by atoms with E-state index in [0.29, 0.717) is 11.6 Å². The number of para-hydroxylation sites is 2. The van der Waals surface area contributed by atoms with Crippen molar-refractivity contribution < 1.29 is 9.53 Å². The Bertz CT molecular complexity index is 1360. The van der Waals surface area contributed by atoms with Crippen molar-refractivity contribution in [3.8, 4) is 0 Å². The van der Waals surface area contributed by atoms with E-state index < -0.39 is 5.97 Å². The minimum atomic E-state index is -0.409. The van der Waals surface area contributed by atoms with Crippen LogP contribution in [0.4, 0.5) is 5.95 Å². The zero-order chi connectivity index (χ0) is 21.5. The number of piperazine rings is 1. The first-order valence-corrected chi connectivity index (χ1v) is 10.7. The smallest absolute Gasteiger partial charge is 0.365 e. The van der Waals surface area contributed by atoms with Gasteiger partial charge in [-0.3, -0.25) is 0 Å². The molecule has 0 spiro atoms. The summed E-state index contributed by atoms with van der Waals surface area (Å²) in [6.07, 6.45) is 1.81. The topological polar surface area (TPSA) is 73.8 Å². The summed E-state index contributed by atoms with van der Waals surface area (Å²) in [5.74, 6) is 0.830. The van der Waals surface area contributed by atoms with Gasteiger partial charge in [-0.2, -0.15) is 0 Å². The van der Waals surface area contributed by atoms with Crippen molar-refractivity contribution in [2.75, 3.05) is 31.1 Å². The molecule has 6 rings (SSSR count). The summed E-state index contributed by atoms with van der Waals surface area (Å²) in [6, 6.07) is 22.1. The Hall–Kier alpha value is -4.13. The predicted molar refractivity (Wildman–Crippen MR) is 125 cm³/mol. The molecule has 0 unspecified atom stereocenters. The van der Waals surface area contributed by atoms with Gasteiger partial charge in [-0.05, 0) is 35.0 Å². The Kier molecular flexibility index (Phi) is 4.38. The molecule has 0 radical (unpaired) electrons. The van der Waals surface area contributed by atoms with Gasteiger partial charge in [0, 0.05) is 37.9 Å². The number of hydrogen-bond donors (Lipinski definition) is 1. The van der Waals surface area contributed by atoms with Gasteiger partial charge in [0.15, 0.2) is 5.70 Å². The molecule has 0 atom stereocenters. The maximum Gasteiger partial charge on any atom is 0.365 e. The molecule has 32 heavy (non-hydrogen) atoms. The number of carbonyl (C=O) groups excluding carboxylic acids is 1. The van der Waals surface area contributed by atoms with E-state index in [1.165, 1.54) is 0 Å². The van der Waals surface area contributed by atoms with E-state index in [4.69, 9.17) is 4.74 Å². The number of H-pyrrole nitrogens is 1. The number of imidazole rings is 1. The number of anilines is 1. The van der Waals surface area contributed by atoms with Gasteiger partial charge in [0.25, 0.3) is 0 Å². The fourth-order valence-electron chi connectivity index (χ4n) is 4.17. The number of aromatic amines is 1. The highest BCUT2D eigenvalue weighted by molar-refractivity contribution is 6.12. The predicted octanol–water partition coefficient (Wildman–Crippen LogP) is 3.68. The van der Waals surface area contributed by atoms with Crippen LogP contribution in [0.1, 0.15) is 5.56 Å². The Balaban J connectivity index is 1.17. The fourth-order valence-corrected chi connectivity index (χ4v) is 4.17. The van der Waals surface area contributed by atoms with Crippen LogP contribution in [0.2, 0.25) is 0 Å². The van der Waals surface area contributed by atoms with Crippen molar-refractivity contribution in [3.63, 3.8) is 0 Å². The summed E-state index contributed by atoms with van der Waals surface area (Å²) < 4.78 is 5.47. The first-order valence-electron chi connectivity index (χ1n) is 10.7. The molecule has 0 amide bonds. The van der Waals surface area contributed by atoms with Gasteiger partial charge in [0.1, 0.15) is 0 Å². The Morgan fingerprint density at radius 3 is 2.53 bits per heavy atom. The standard InChI is InChI=1S/C25H21N5O2/c31-24-22(26-23(32-24)19-10-9-17-5-1-2-6-18(17)15-19)16-29-11-13-30(14-12-29)25-27-20-7-3-4-8-21(20)28-25/h1-10,15-16H,11-14H2,(H,27,28). The molecule has 1 fully saturated rings. The molecule has 1 saturated heterocycles. The van der Waals surface area contributed by atoms with Crippen molar-refractivity contribution in [2.45, 2.75) is 0 Å². The number of ether oxygens (including phenoxy) is 1. The number of rotatable bonds is 3. The Morgan fingerprint density at radius 2 is 1.69 bits per heavy atom. The fraction of sp³-hybridized carbons (Fsp3) is 0.160. The van der Waals surface area contributed by atoms with E-state index in [0.717, 1.165) is 59.5 Å². The summed E-state index contributed by atoms with van der Waals surface area (Å²) in [5, 5.41) is 2.22. The number of aliphatic imine (C=N–C) groups is 1. The Labute approximate surface area is 184 Å². The molecule has 4 aromatic rings. The number of carbonyl (C=O) groups is 1. The largest absolute Gasteiger partial charge is 0.402 e. The van der Waals surface area contributed by atoms with Crippen molar-refractivity contribution in [3.05, 3.63) is 84.2 Å². The molecule has 7 heteroatoms. The SMILES string of the molecule is O=C1OC(c2ccc3ccccc3c2)=NC1=CN1CCN(c2nc3ccccc3[nH]2)CC1. The highest BCUT2D eigenvalue weighted by Crippen LogP contribution is 2.22. The second kappa shape index (κ2) is 7.53. The molecule has 3 heterocycles. The molecule has 0 saturated carbocycles. The summed E-state index contributed by atoms with van der Waals surface area (Å²) in [4.78, 5) is 29.3. The van der Waals surface area contributed by atoms with Gasteiger partial charge >= 0.3 is 5.97 Å². The molecule has 3 aromatic carbocycles. The average molecular weight is 423 g/mol. The molecule has 0 aliphatic carbocycles. The van der Waals surface area contributed by atoms with Crippen LogP contribution < -0.4 is 4.90 Å². The third kappa shape index (κ3) is 3.37. The number of nitrogens with one attached hydrogen (secondary N) is 1. The quantitative estimate of drug-likeness (QED) is 0.402. The lowest BCUT2D eigenvalue weighted by Crippen LogP contribution is -2.44. The number of benzene rings is 3. The Morgan fingerprint density at radius 1 is 0.906 bits per heavy atom. The van der Waals surface area contributed by atoms with Gasteiger partial charge in [0.2, 0.25) is 11.8 Å². The van der Waals surface area contributed by atoms with Crippen LogP contribution in [0.15, 0.2) is 83.6 Å². The van der Waals surface area contributed by atoms with E-state index in [9.17, 15) is 4.79 Å². The van der Waals surface area contributed by atoms with Crippen LogP contribution >= 0.6 is 0 Å². The molecular formula is C25H21N5O2. The van der Waals surface area contributed by atoms with Crippen LogP contribution in [-0.4, -0.2) is 52.9 Å². The van der Waals surface area contributed by atoms with Crippen LogP contribution in [0.3, 0.4) is 0 Å². The highest BCUT2D eigenvalue weighted by atomic mass is 16.6. The van der Waals surface area contributed by atoms with E-state index in [2.05, 4.69) is 30.8 Å². The van der Waals surface area contributed by atoms with Gasteiger partial charge in [-0.15, -0.1) is 0 Å². The number of cyclic esters (lactones) is 1. The first kappa shape index (κ1) is 18.6. The van der Waals surface area contributed by atoms with Gasteiger partial charge in [-0.1, -0.05) is 42.5 Å². The number of fused-ring (bicyclic) bond motifs is 2. The number of aromatic nitrogens is 2. The molecule has 0 bridgehead atoms. The summed E-state index contributed by atoms with van der Waals surface area (Å²) in [7, 11) is 0. The highest BCUT2D eigenvalue weighted by Gasteiger charge is 2.26. The van der Waals surface area contributed by atoms with Gasteiger partial charge in [0.05, 0.1) is 11.0 Å². The zero-order valence-corrected chi connectivity index (χ0v) is 17.4. The molecular weight excluding hydrogens is 402 g/mol. The van der Waals surface area contributed by atoms with Crippen LogP contribution in [0, 0.1) is 0 Å². The minimum Gasteiger partial charge on any atom is -0.402 e. The summed E-state index contributed by atoms with van der Waals surface area (Å²) >= 11 is 0. The molecule has 2 aliphatic rings. The molecule has 158 valence electrons. The molecule has 1 aromatic heterocycles. The lowest BCUT2D eigenvalue weighted by atomic mass is 10.1. The molecule has 2 aliphatic heterocycles. The maximum absolute atomic E-state index is 12.4. The van der Waals surface area contributed by atoms with Crippen LogP contribution in [-0.2, 0) is 9.53 Å². The summed E-state index contributed by atoms with van der Waals surface area (Å²) in [6.45, 7) is 3.16. The maximum atomic E-state index is 12.4.